The summed E-state index contributed by atoms with van der Waals surface area (Å²) in [6.07, 6.45) is 80.4. The first-order valence-corrected chi connectivity index (χ1v) is 30.2. The number of ether oxygens (including phenoxy) is 3. The first-order valence-electron chi connectivity index (χ1n) is 30.2. The van der Waals surface area contributed by atoms with Crippen LogP contribution in [0.25, 0.3) is 0 Å². The van der Waals surface area contributed by atoms with E-state index in [9.17, 15) is 14.4 Å². The molecule has 0 saturated heterocycles. The van der Waals surface area contributed by atoms with Crippen LogP contribution >= 0.6 is 0 Å². The molecule has 0 aliphatic heterocycles. The van der Waals surface area contributed by atoms with Crippen molar-refractivity contribution in [1.82, 2.24) is 0 Å². The molecular weight excluding hydrogens is 889 g/mol. The van der Waals surface area contributed by atoms with E-state index in [1.165, 1.54) is 161 Å². The summed E-state index contributed by atoms with van der Waals surface area (Å²) in [7, 11) is 0. The number of unbranched alkanes of at least 4 members (excludes halogenated alkanes) is 28. The highest BCUT2D eigenvalue weighted by Gasteiger charge is 2.19. The molecule has 0 bridgehead atoms. The molecule has 0 heterocycles. The minimum absolute atomic E-state index is 0.0975. The molecule has 412 valence electrons. The zero-order valence-corrected chi connectivity index (χ0v) is 47.2. The summed E-state index contributed by atoms with van der Waals surface area (Å²) in [5.41, 5.74) is 0. The third-order valence-corrected chi connectivity index (χ3v) is 12.9. The SMILES string of the molecule is CC/C=C\C/C=C\C/C=C\C/C=C\C/C=C\CC(=O)OC(COC(=O)CCCCCCCCCC)COC(=O)CCCCCCCCCCCCCCCCCC/C=C\C/C=C\C/C=C\CCCCCCC. The van der Waals surface area contributed by atoms with Gasteiger partial charge in [-0.3, -0.25) is 14.4 Å². The molecule has 0 aromatic rings. The lowest BCUT2D eigenvalue weighted by molar-refractivity contribution is -0.166. The van der Waals surface area contributed by atoms with Crippen molar-refractivity contribution in [3.63, 3.8) is 0 Å². The Hall–Kier alpha value is -3.67. The molecule has 72 heavy (non-hydrogen) atoms. The van der Waals surface area contributed by atoms with Crippen LogP contribution in [0, 0.1) is 0 Å². The van der Waals surface area contributed by atoms with Gasteiger partial charge in [0.1, 0.15) is 13.2 Å². The van der Waals surface area contributed by atoms with Gasteiger partial charge in [0.2, 0.25) is 0 Å². The van der Waals surface area contributed by atoms with Crippen molar-refractivity contribution in [1.29, 1.82) is 0 Å². The molecule has 0 spiro atoms. The topological polar surface area (TPSA) is 78.9 Å². The van der Waals surface area contributed by atoms with E-state index >= 15 is 0 Å². The molecule has 6 nitrogen and oxygen atoms in total. The third-order valence-electron chi connectivity index (χ3n) is 12.9. The summed E-state index contributed by atoms with van der Waals surface area (Å²) < 4.78 is 16.7. The van der Waals surface area contributed by atoms with Crippen molar-refractivity contribution in [2.45, 2.75) is 290 Å². The summed E-state index contributed by atoms with van der Waals surface area (Å²) in [4.78, 5) is 37.9. The van der Waals surface area contributed by atoms with Crippen LogP contribution in [-0.4, -0.2) is 37.2 Å². The third kappa shape index (κ3) is 57.2. The summed E-state index contributed by atoms with van der Waals surface area (Å²) in [6.45, 7) is 6.41. The van der Waals surface area contributed by atoms with Gasteiger partial charge in [-0.05, 0) is 83.5 Å². The van der Waals surface area contributed by atoms with Crippen molar-refractivity contribution in [2.24, 2.45) is 0 Å². The monoisotopic (exact) mass is 1000 g/mol. The van der Waals surface area contributed by atoms with Gasteiger partial charge in [-0.2, -0.15) is 0 Å². The van der Waals surface area contributed by atoms with E-state index in [1.807, 2.05) is 6.08 Å². The van der Waals surface area contributed by atoms with Crippen LogP contribution in [0.1, 0.15) is 284 Å². The number of hydrogen-bond acceptors (Lipinski definition) is 6. The van der Waals surface area contributed by atoms with Crippen LogP contribution in [0.5, 0.6) is 0 Å². The van der Waals surface area contributed by atoms with E-state index in [4.69, 9.17) is 14.2 Å². The van der Waals surface area contributed by atoms with Crippen LogP contribution in [-0.2, 0) is 28.6 Å². The van der Waals surface area contributed by atoms with Crippen molar-refractivity contribution < 1.29 is 28.6 Å². The highest BCUT2D eigenvalue weighted by molar-refractivity contribution is 5.72. The highest BCUT2D eigenvalue weighted by atomic mass is 16.6. The maximum Gasteiger partial charge on any atom is 0.310 e. The minimum atomic E-state index is -0.828. The van der Waals surface area contributed by atoms with Gasteiger partial charge in [0.25, 0.3) is 0 Å². The van der Waals surface area contributed by atoms with Crippen LogP contribution in [0.15, 0.2) is 97.2 Å². The summed E-state index contributed by atoms with van der Waals surface area (Å²) in [6, 6.07) is 0. The fraction of sp³-hybridized carbons (Fsp3) is 0.712. The van der Waals surface area contributed by atoms with Gasteiger partial charge in [-0.25, -0.2) is 0 Å². The van der Waals surface area contributed by atoms with E-state index in [-0.39, 0.29) is 31.6 Å². The van der Waals surface area contributed by atoms with Crippen molar-refractivity contribution >= 4 is 17.9 Å². The van der Waals surface area contributed by atoms with Gasteiger partial charge >= 0.3 is 17.9 Å². The first-order chi connectivity index (χ1) is 35.5. The van der Waals surface area contributed by atoms with E-state index in [0.29, 0.717) is 12.8 Å². The van der Waals surface area contributed by atoms with Gasteiger partial charge < -0.3 is 14.2 Å². The molecule has 1 atom stereocenters. The molecule has 6 heteroatoms. The van der Waals surface area contributed by atoms with E-state index in [1.54, 1.807) is 6.08 Å². The molecule has 0 aromatic carbocycles. The Kier molecular flexibility index (Phi) is 56.8. The minimum Gasteiger partial charge on any atom is -0.462 e. The molecule has 0 radical (unpaired) electrons. The van der Waals surface area contributed by atoms with Gasteiger partial charge in [-0.15, -0.1) is 0 Å². The fourth-order valence-electron chi connectivity index (χ4n) is 8.35. The number of allylic oxidation sites excluding steroid dienone is 15. The maximum atomic E-state index is 12.7. The molecular formula is C66H112O6. The largest absolute Gasteiger partial charge is 0.462 e. The van der Waals surface area contributed by atoms with Crippen molar-refractivity contribution in [3.8, 4) is 0 Å². The number of carbonyl (C=O) groups excluding carboxylic acids is 3. The zero-order chi connectivity index (χ0) is 52.2. The van der Waals surface area contributed by atoms with Crippen LogP contribution < -0.4 is 0 Å². The predicted octanol–water partition coefficient (Wildman–Crippen LogP) is 20.5. The Labute approximate surface area is 445 Å². The lowest BCUT2D eigenvalue weighted by Gasteiger charge is -2.18. The smallest absolute Gasteiger partial charge is 0.310 e. The van der Waals surface area contributed by atoms with E-state index in [0.717, 1.165) is 83.5 Å². The molecule has 0 saturated carbocycles. The standard InChI is InChI=1S/C66H112O6/c1-4-7-10-13-16-19-21-23-25-26-27-28-29-30-31-32-33-34-35-36-37-38-39-40-42-43-45-47-50-53-56-59-65(68)71-62-63(61-70-64(67)58-55-52-49-18-15-12-9-6-3)72-66(69)60-57-54-51-48-46-44-41-24-22-20-17-14-11-8-5-2/h8,11,17,20-21,23-24,26-27,29-30,41,46,48,54,57,63H,4-7,9-10,12-16,18-19,22,25,28,31-40,42-45,47,49-53,55-56,58-62H2,1-3H3/b11-8-,20-17-,23-21-,27-26-,30-29-,41-24-,48-46-,57-54-. The molecule has 0 N–H and O–H groups in total. The van der Waals surface area contributed by atoms with Crippen LogP contribution in [0.3, 0.4) is 0 Å². The Bertz CT molecular complexity index is 1430. The quantitative estimate of drug-likeness (QED) is 0.0261. The molecule has 0 amide bonds. The van der Waals surface area contributed by atoms with Crippen molar-refractivity contribution in [2.75, 3.05) is 13.2 Å². The lowest BCUT2D eigenvalue weighted by Crippen LogP contribution is -2.30. The highest BCUT2D eigenvalue weighted by Crippen LogP contribution is 2.16. The molecule has 0 aliphatic carbocycles. The van der Waals surface area contributed by atoms with Crippen molar-refractivity contribution in [3.05, 3.63) is 97.2 Å². The summed E-state index contributed by atoms with van der Waals surface area (Å²) in [5.74, 6) is -1.05. The Morgan fingerprint density at radius 1 is 0.306 bits per heavy atom. The van der Waals surface area contributed by atoms with Crippen LogP contribution in [0.2, 0.25) is 0 Å². The van der Waals surface area contributed by atoms with E-state index in [2.05, 4.69) is 106 Å². The predicted molar refractivity (Wildman–Crippen MR) is 311 cm³/mol. The normalized spacial score (nSPS) is 12.8. The van der Waals surface area contributed by atoms with E-state index < -0.39 is 12.1 Å². The molecule has 1 unspecified atom stereocenters. The Balaban J connectivity index is 4.14. The number of esters is 3. The van der Waals surface area contributed by atoms with Gasteiger partial charge in [0, 0.05) is 12.8 Å². The Morgan fingerprint density at radius 2 is 0.583 bits per heavy atom. The molecule has 0 aliphatic rings. The maximum absolute atomic E-state index is 12.7. The van der Waals surface area contributed by atoms with Gasteiger partial charge in [-0.1, -0.05) is 279 Å². The summed E-state index contributed by atoms with van der Waals surface area (Å²) in [5, 5.41) is 0. The second-order valence-electron chi connectivity index (χ2n) is 19.9. The number of rotatable bonds is 54. The summed E-state index contributed by atoms with van der Waals surface area (Å²) >= 11 is 0. The second-order valence-corrected chi connectivity index (χ2v) is 19.9. The first kappa shape index (κ1) is 68.3. The average molecular weight is 1000 g/mol. The molecule has 0 fully saturated rings. The number of hydrogen-bond donors (Lipinski definition) is 0. The Morgan fingerprint density at radius 3 is 0.917 bits per heavy atom. The molecule has 0 aromatic heterocycles. The van der Waals surface area contributed by atoms with Gasteiger partial charge in [0.15, 0.2) is 6.10 Å². The zero-order valence-electron chi connectivity index (χ0n) is 47.2. The fourth-order valence-corrected chi connectivity index (χ4v) is 8.35. The number of carbonyl (C=O) groups is 3. The van der Waals surface area contributed by atoms with Crippen LogP contribution in [0.4, 0.5) is 0 Å². The lowest BCUT2D eigenvalue weighted by atomic mass is 10.0. The average Bonchev–Trinajstić information content (AvgIpc) is 3.38. The second kappa shape index (κ2) is 59.9. The molecule has 0 rings (SSSR count). The van der Waals surface area contributed by atoms with Gasteiger partial charge in [0.05, 0.1) is 6.42 Å².